The second-order valence-corrected chi connectivity index (χ2v) is 7.32. The van der Waals surface area contributed by atoms with E-state index in [4.69, 9.17) is 9.15 Å². The molecule has 1 atom stereocenters. The van der Waals surface area contributed by atoms with Gasteiger partial charge in [0.25, 0.3) is 11.9 Å². The highest BCUT2D eigenvalue weighted by Gasteiger charge is 2.43. The summed E-state index contributed by atoms with van der Waals surface area (Å²) in [4.78, 5) is 28.9. The predicted octanol–water partition coefficient (Wildman–Crippen LogP) is 2.93. The minimum absolute atomic E-state index is 0.0340. The largest absolute Gasteiger partial charge is 0.468 e. The molecule has 0 unspecified atom stereocenters. The Morgan fingerprint density at radius 1 is 1.32 bits per heavy atom. The molecule has 0 aromatic carbocycles. The number of carbonyl (C=O) groups is 2. The van der Waals surface area contributed by atoms with Gasteiger partial charge in [-0.15, -0.1) is 0 Å². The maximum absolute atomic E-state index is 12.8. The minimum atomic E-state index is -0.0839. The third kappa shape index (κ3) is 3.83. The van der Waals surface area contributed by atoms with E-state index in [-0.39, 0.29) is 17.2 Å². The molecule has 2 fully saturated rings. The lowest BCUT2D eigenvalue weighted by Gasteiger charge is -2.48. The monoisotopic (exact) mass is 348 g/mol. The summed E-state index contributed by atoms with van der Waals surface area (Å²) in [5.74, 6) is 0.852. The summed E-state index contributed by atoms with van der Waals surface area (Å²) >= 11 is 0. The molecule has 1 aromatic heterocycles. The van der Waals surface area contributed by atoms with E-state index in [0.717, 1.165) is 51.7 Å². The first kappa shape index (κ1) is 17.8. The molecule has 0 aliphatic carbocycles. The SMILES string of the molecule is CCCCN1C[C@]2(CCCN(C(=O)c3ccc(OC)o3)C2)CCC1=O. The van der Waals surface area contributed by atoms with E-state index in [1.165, 1.54) is 7.11 Å². The van der Waals surface area contributed by atoms with Crippen LogP contribution in [0.5, 0.6) is 5.95 Å². The molecule has 0 N–H and O–H groups in total. The van der Waals surface area contributed by atoms with Crippen LogP contribution in [0.4, 0.5) is 0 Å². The molecule has 138 valence electrons. The summed E-state index contributed by atoms with van der Waals surface area (Å²) in [6.45, 7) is 5.19. The molecular formula is C19H28N2O4. The summed E-state index contributed by atoms with van der Waals surface area (Å²) in [5, 5.41) is 0. The average molecular weight is 348 g/mol. The molecule has 6 nitrogen and oxygen atoms in total. The lowest BCUT2D eigenvalue weighted by atomic mass is 9.73. The van der Waals surface area contributed by atoms with Crippen molar-refractivity contribution in [1.82, 2.24) is 9.80 Å². The highest BCUT2D eigenvalue weighted by atomic mass is 16.6. The number of ether oxygens (including phenoxy) is 1. The number of methoxy groups -OCH3 is 1. The van der Waals surface area contributed by atoms with Crippen LogP contribution in [0.3, 0.4) is 0 Å². The van der Waals surface area contributed by atoms with E-state index in [9.17, 15) is 9.59 Å². The number of rotatable bonds is 5. The van der Waals surface area contributed by atoms with E-state index >= 15 is 0 Å². The van der Waals surface area contributed by atoms with Gasteiger partial charge in [-0.05, 0) is 31.7 Å². The van der Waals surface area contributed by atoms with Crippen LogP contribution in [0.1, 0.15) is 56.0 Å². The minimum Gasteiger partial charge on any atom is -0.468 e. The Kier molecular flexibility index (Phi) is 5.35. The van der Waals surface area contributed by atoms with Crippen molar-refractivity contribution >= 4 is 11.8 Å². The van der Waals surface area contributed by atoms with Crippen molar-refractivity contribution in [3.8, 4) is 5.95 Å². The Morgan fingerprint density at radius 3 is 2.88 bits per heavy atom. The lowest BCUT2D eigenvalue weighted by molar-refractivity contribution is -0.139. The molecular weight excluding hydrogens is 320 g/mol. The third-order valence-corrected chi connectivity index (χ3v) is 5.47. The van der Waals surface area contributed by atoms with Gasteiger partial charge >= 0.3 is 0 Å². The van der Waals surface area contributed by atoms with Crippen molar-refractivity contribution in [2.45, 2.75) is 45.4 Å². The van der Waals surface area contributed by atoms with Crippen LogP contribution >= 0.6 is 0 Å². The van der Waals surface area contributed by atoms with E-state index in [0.29, 0.717) is 24.7 Å². The Labute approximate surface area is 149 Å². The first-order chi connectivity index (χ1) is 12.1. The topological polar surface area (TPSA) is 63.0 Å². The molecule has 3 rings (SSSR count). The number of furan rings is 1. The highest BCUT2D eigenvalue weighted by molar-refractivity contribution is 5.91. The number of unbranched alkanes of at least 4 members (excludes halogenated alkanes) is 1. The van der Waals surface area contributed by atoms with Crippen molar-refractivity contribution < 1.29 is 18.7 Å². The smallest absolute Gasteiger partial charge is 0.289 e. The van der Waals surface area contributed by atoms with Crippen LogP contribution in [0.25, 0.3) is 0 Å². The van der Waals surface area contributed by atoms with Gasteiger partial charge in [0.1, 0.15) is 0 Å². The Hall–Kier alpha value is -1.98. The number of hydrogen-bond acceptors (Lipinski definition) is 4. The number of hydrogen-bond donors (Lipinski definition) is 0. The fourth-order valence-corrected chi connectivity index (χ4v) is 4.07. The zero-order valence-corrected chi connectivity index (χ0v) is 15.3. The van der Waals surface area contributed by atoms with Crippen molar-refractivity contribution in [2.75, 3.05) is 33.3 Å². The fraction of sp³-hybridized carbons (Fsp3) is 0.684. The lowest BCUT2D eigenvalue weighted by Crippen LogP contribution is -2.55. The van der Waals surface area contributed by atoms with Crippen LogP contribution in [-0.4, -0.2) is 54.9 Å². The number of nitrogens with zero attached hydrogens (tertiary/aromatic N) is 2. The van der Waals surface area contributed by atoms with Gasteiger partial charge in [-0.1, -0.05) is 13.3 Å². The number of piperidine rings is 2. The van der Waals surface area contributed by atoms with Crippen LogP contribution in [-0.2, 0) is 4.79 Å². The average Bonchev–Trinajstić information content (AvgIpc) is 3.11. The summed E-state index contributed by atoms with van der Waals surface area (Å²) < 4.78 is 10.5. The van der Waals surface area contributed by atoms with Crippen LogP contribution in [0.15, 0.2) is 16.5 Å². The number of carbonyl (C=O) groups excluding carboxylic acids is 2. The Morgan fingerprint density at radius 2 is 2.16 bits per heavy atom. The highest BCUT2D eigenvalue weighted by Crippen LogP contribution is 2.39. The third-order valence-electron chi connectivity index (χ3n) is 5.47. The summed E-state index contributed by atoms with van der Waals surface area (Å²) in [7, 11) is 1.52. The van der Waals surface area contributed by atoms with Gasteiger partial charge in [0.15, 0.2) is 5.76 Å². The van der Waals surface area contributed by atoms with Crippen molar-refractivity contribution in [1.29, 1.82) is 0 Å². The zero-order chi connectivity index (χ0) is 17.9. The van der Waals surface area contributed by atoms with Crippen LogP contribution in [0, 0.1) is 5.41 Å². The summed E-state index contributed by atoms with van der Waals surface area (Å²) in [6, 6.07) is 3.33. The normalized spacial score (nSPS) is 24.0. The molecule has 1 aromatic rings. The molecule has 3 heterocycles. The Bertz CT molecular complexity index is 627. The maximum atomic E-state index is 12.8. The standard InChI is InChI=1S/C19H28N2O4/c1-3-4-11-20-13-19(10-8-16(20)22)9-5-12-21(14-19)18(23)15-6-7-17(24-2)25-15/h6-7H,3-5,8-14H2,1-2H3/t19-/m0/s1. The van der Waals surface area contributed by atoms with Gasteiger partial charge in [-0.25, -0.2) is 0 Å². The van der Waals surface area contributed by atoms with Gasteiger partial charge in [0.2, 0.25) is 5.91 Å². The van der Waals surface area contributed by atoms with Crippen molar-refractivity contribution in [3.05, 3.63) is 17.9 Å². The van der Waals surface area contributed by atoms with Gasteiger partial charge in [0, 0.05) is 44.1 Å². The second kappa shape index (κ2) is 7.50. The van der Waals surface area contributed by atoms with Crippen molar-refractivity contribution in [2.24, 2.45) is 5.41 Å². The van der Waals surface area contributed by atoms with Crippen molar-refractivity contribution in [3.63, 3.8) is 0 Å². The predicted molar refractivity (Wildman–Crippen MR) is 93.6 cm³/mol. The summed E-state index contributed by atoms with van der Waals surface area (Å²) in [6.07, 6.45) is 5.64. The molecule has 0 radical (unpaired) electrons. The molecule has 2 amide bonds. The molecule has 25 heavy (non-hydrogen) atoms. The molecule has 2 aliphatic rings. The van der Waals surface area contributed by atoms with Gasteiger partial charge in [-0.3, -0.25) is 9.59 Å². The molecule has 0 bridgehead atoms. The van der Waals surface area contributed by atoms with E-state index in [1.54, 1.807) is 12.1 Å². The van der Waals surface area contributed by atoms with Gasteiger partial charge in [-0.2, -0.15) is 0 Å². The van der Waals surface area contributed by atoms with E-state index < -0.39 is 0 Å². The number of amides is 2. The molecule has 0 saturated carbocycles. The molecule has 1 spiro atoms. The number of likely N-dealkylation sites (tertiary alicyclic amines) is 2. The molecule has 2 aliphatic heterocycles. The van der Waals surface area contributed by atoms with Gasteiger partial charge in [0.05, 0.1) is 7.11 Å². The Balaban J connectivity index is 1.69. The van der Waals surface area contributed by atoms with E-state index in [2.05, 4.69) is 6.92 Å². The van der Waals surface area contributed by atoms with Crippen LogP contribution in [0.2, 0.25) is 0 Å². The van der Waals surface area contributed by atoms with E-state index in [1.807, 2.05) is 9.80 Å². The quantitative estimate of drug-likeness (QED) is 0.821. The molecule has 6 heteroatoms. The maximum Gasteiger partial charge on any atom is 0.289 e. The first-order valence-electron chi connectivity index (χ1n) is 9.28. The summed E-state index contributed by atoms with van der Waals surface area (Å²) in [5.41, 5.74) is 0.0340. The van der Waals surface area contributed by atoms with Gasteiger partial charge < -0.3 is 19.0 Å². The first-order valence-corrected chi connectivity index (χ1v) is 9.28. The zero-order valence-electron chi connectivity index (χ0n) is 15.3. The molecule has 2 saturated heterocycles. The van der Waals surface area contributed by atoms with Crippen LogP contribution < -0.4 is 4.74 Å². The second-order valence-electron chi connectivity index (χ2n) is 7.32. The fourth-order valence-electron chi connectivity index (χ4n) is 4.07.